The van der Waals surface area contributed by atoms with Gasteiger partial charge < -0.3 is 20.1 Å². The second-order valence-electron chi connectivity index (χ2n) is 9.75. The van der Waals surface area contributed by atoms with Gasteiger partial charge in [0.05, 0.1) is 11.8 Å². The van der Waals surface area contributed by atoms with Crippen LogP contribution in [0.3, 0.4) is 0 Å². The van der Waals surface area contributed by atoms with Gasteiger partial charge in [-0.1, -0.05) is 32.9 Å². The number of H-pyrrole nitrogens is 1. The Labute approximate surface area is 204 Å². The molecule has 1 aromatic carbocycles. The van der Waals surface area contributed by atoms with Crippen molar-refractivity contribution in [3.8, 4) is 6.07 Å². The third kappa shape index (κ3) is 5.39. The molecule has 1 amide bonds. The van der Waals surface area contributed by atoms with Gasteiger partial charge in [-0.3, -0.25) is 9.59 Å². The Kier molecular flexibility index (Phi) is 6.67. The quantitative estimate of drug-likeness (QED) is 0.331. The summed E-state index contributed by atoms with van der Waals surface area (Å²) >= 11 is 0. The van der Waals surface area contributed by atoms with Crippen LogP contribution in [-0.2, 0) is 4.79 Å². The highest BCUT2D eigenvalue weighted by molar-refractivity contribution is 6.08. The van der Waals surface area contributed by atoms with Gasteiger partial charge in [-0.25, -0.2) is 9.97 Å². The number of anilines is 2. The number of benzene rings is 1. The molecule has 1 aliphatic heterocycles. The number of Topliss-reactive ketones (excluding diaryl/α,β-unsaturated/α-hetero) is 1. The zero-order chi connectivity index (χ0) is 25.2. The number of piperazine rings is 1. The number of nitrogens with zero attached hydrogens (tertiary/aromatic N) is 5. The summed E-state index contributed by atoms with van der Waals surface area (Å²) in [5.41, 5.74) is 2.69. The third-order valence-electron chi connectivity index (χ3n) is 5.94. The van der Waals surface area contributed by atoms with Gasteiger partial charge in [0, 0.05) is 43.5 Å². The molecule has 0 unspecified atom stereocenters. The first-order valence-corrected chi connectivity index (χ1v) is 11.5. The zero-order valence-corrected chi connectivity index (χ0v) is 20.4. The van der Waals surface area contributed by atoms with Crippen LogP contribution in [0.15, 0.2) is 42.2 Å². The van der Waals surface area contributed by atoms with Crippen molar-refractivity contribution in [1.29, 1.82) is 5.26 Å². The lowest BCUT2D eigenvalue weighted by atomic mass is 9.87. The van der Waals surface area contributed by atoms with Crippen molar-refractivity contribution >= 4 is 40.4 Å². The molecule has 0 radical (unpaired) electrons. The van der Waals surface area contributed by atoms with E-state index in [2.05, 4.69) is 25.2 Å². The van der Waals surface area contributed by atoms with Gasteiger partial charge in [0.25, 0.3) is 5.91 Å². The maximum absolute atomic E-state index is 12.8. The fourth-order valence-electron chi connectivity index (χ4n) is 3.83. The van der Waals surface area contributed by atoms with Crippen LogP contribution >= 0.6 is 0 Å². The van der Waals surface area contributed by atoms with E-state index in [0.29, 0.717) is 35.6 Å². The number of rotatable bonds is 5. The normalized spacial score (nSPS) is 15.2. The Morgan fingerprint density at radius 3 is 2.46 bits per heavy atom. The fraction of sp³-hybridized carbons (Fsp3) is 0.346. The van der Waals surface area contributed by atoms with Crippen molar-refractivity contribution in [2.24, 2.45) is 5.41 Å². The number of likely N-dealkylation sites (N-methyl/N-ethyl adjacent to an activating group) is 1. The largest absolute Gasteiger partial charge is 0.344 e. The fourth-order valence-corrected chi connectivity index (χ4v) is 3.83. The summed E-state index contributed by atoms with van der Waals surface area (Å²) in [6.45, 7) is 8.45. The average Bonchev–Trinajstić information content (AvgIpc) is 3.25. The molecule has 1 fully saturated rings. The summed E-state index contributed by atoms with van der Waals surface area (Å²) in [6.07, 6.45) is 4.86. The van der Waals surface area contributed by atoms with Gasteiger partial charge >= 0.3 is 0 Å². The number of aromatic nitrogens is 3. The van der Waals surface area contributed by atoms with E-state index in [-0.39, 0.29) is 17.3 Å². The molecule has 0 atom stereocenters. The molecule has 0 aliphatic carbocycles. The highest BCUT2D eigenvalue weighted by atomic mass is 16.2. The van der Waals surface area contributed by atoms with Crippen LogP contribution < -0.4 is 5.32 Å². The lowest BCUT2D eigenvalue weighted by Crippen LogP contribution is -2.47. The molecule has 9 heteroatoms. The molecule has 0 spiro atoms. The monoisotopic (exact) mass is 471 g/mol. The van der Waals surface area contributed by atoms with Gasteiger partial charge in [-0.2, -0.15) is 5.26 Å². The number of amides is 1. The third-order valence-corrected chi connectivity index (χ3v) is 5.94. The van der Waals surface area contributed by atoms with E-state index in [1.54, 1.807) is 23.4 Å². The predicted molar refractivity (Wildman–Crippen MR) is 135 cm³/mol. The molecule has 35 heavy (non-hydrogen) atoms. The highest BCUT2D eigenvalue weighted by Gasteiger charge is 2.26. The number of nitriles is 1. The van der Waals surface area contributed by atoms with E-state index in [9.17, 15) is 14.9 Å². The molecule has 0 bridgehead atoms. The minimum atomic E-state index is -0.530. The van der Waals surface area contributed by atoms with Crippen molar-refractivity contribution in [3.63, 3.8) is 0 Å². The van der Waals surface area contributed by atoms with E-state index in [4.69, 9.17) is 0 Å². The number of aromatic amines is 1. The van der Waals surface area contributed by atoms with Gasteiger partial charge in [-0.15, -0.1) is 0 Å². The Morgan fingerprint density at radius 1 is 1.14 bits per heavy atom. The highest BCUT2D eigenvalue weighted by Crippen LogP contribution is 2.26. The Bertz CT molecular complexity index is 1320. The number of carbonyl (C=O) groups is 2. The summed E-state index contributed by atoms with van der Waals surface area (Å²) in [5, 5.41) is 12.7. The van der Waals surface area contributed by atoms with Crippen molar-refractivity contribution < 1.29 is 9.59 Å². The molecular weight excluding hydrogens is 442 g/mol. The summed E-state index contributed by atoms with van der Waals surface area (Å²) in [6, 6.07) is 9.38. The number of ketones is 1. The first-order chi connectivity index (χ1) is 16.7. The van der Waals surface area contributed by atoms with E-state index in [0.717, 1.165) is 24.3 Å². The lowest BCUT2D eigenvalue weighted by molar-refractivity contribution is -0.128. The van der Waals surface area contributed by atoms with E-state index >= 15 is 0 Å². The molecule has 0 saturated carbocycles. The van der Waals surface area contributed by atoms with Crippen molar-refractivity contribution in [2.45, 2.75) is 20.8 Å². The predicted octanol–water partition coefficient (Wildman–Crippen LogP) is 3.61. The number of hydrogen-bond acceptors (Lipinski definition) is 7. The standard InChI is InChI=1S/C26H29N7O2/c1-26(2,3)23(34)20-15-28-24-22(20)31-21(16-29-24)30-19-7-5-17(6-8-19)13-18(14-27)25(35)33-11-9-32(4)10-12-33/h5-8,13,15-16H,9-12H2,1-4H3,(H,28,29)(H,30,31)/b18-13+. The second kappa shape index (κ2) is 9.68. The van der Waals surface area contributed by atoms with Gasteiger partial charge in [0.2, 0.25) is 0 Å². The maximum atomic E-state index is 12.8. The maximum Gasteiger partial charge on any atom is 0.264 e. The minimum absolute atomic E-state index is 0.00856. The van der Waals surface area contributed by atoms with Crippen molar-refractivity contribution in [2.75, 3.05) is 38.5 Å². The first kappa shape index (κ1) is 24.1. The minimum Gasteiger partial charge on any atom is -0.344 e. The van der Waals surface area contributed by atoms with E-state index in [1.807, 2.05) is 58.2 Å². The summed E-state index contributed by atoms with van der Waals surface area (Å²) in [4.78, 5) is 41.4. The molecule has 3 aromatic rings. The van der Waals surface area contributed by atoms with Gasteiger partial charge in [0.1, 0.15) is 23.0 Å². The van der Waals surface area contributed by atoms with Crippen LogP contribution in [0.4, 0.5) is 11.5 Å². The summed E-state index contributed by atoms with van der Waals surface area (Å²) in [5.74, 6) is 0.260. The van der Waals surface area contributed by atoms with Crippen LogP contribution in [0, 0.1) is 16.7 Å². The SMILES string of the molecule is CN1CCN(C(=O)/C(C#N)=C/c2ccc(Nc3cnc4[nH]cc(C(=O)C(C)(C)C)c4n3)cc2)CC1. The van der Waals surface area contributed by atoms with Crippen LogP contribution in [-0.4, -0.2) is 69.7 Å². The molecule has 9 nitrogen and oxygen atoms in total. The summed E-state index contributed by atoms with van der Waals surface area (Å²) in [7, 11) is 2.02. The lowest BCUT2D eigenvalue weighted by Gasteiger charge is -2.32. The molecule has 2 aromatic heterocycles. The van der Waals surface area contributed by atoms with Crippen LogP contribution in [0.5, 0.6) is 0 Å². The number of nitrogens with one attached hydrogen (secondary N) is 2. The molecule has 4 rings (SSSR count). The van der Waals surface area contributed by atoms with Crippen molar-refractivity contribution in [1.82, 2.24) is 24.8 Å². The van der Waals surface area contributed by atoms with E-state index < -0.39 is 5.41 Å². The van der Waals surface area contributed by atoms with Gasteiger partial charge in [0.15, 0.2) is 11.4 Å². The summed E-state index contributed by atoms with van der Waals surface area (Å²) < 4.78 is 0. The van der Waals surface area contributed by atoms with Crippen LogP contribution in [0.1, 0.15) is 36.7 Å². The molecule has 3 heterocycles. The van der Waals surface area contributed by atoms with Gasteiger partial charge in [-0.05, 0) is 30.8 Å². The van der Waals surface area contributed by atoms with E-state index in [1.165, 1.54) is 0 Å². The Morgan fingerprint density at radius 2 is 1.83 bits per heavy atom. The molecule has 1 aliphatic rings. The van der Waals surface area contributed by atoms with Crippen molar-refractivity contribution in [3.05, 3.63) is 53.4 Å². The molecule has 180 valence electrons. The molecular formula is C26H29N7O2. The first-order valence-electron chi connectivity index (χ1n) is 11.5. The molecule has 1 saturated heterocycles. The zero-order valence-electron chi connectivity index (χ0n) is 20.4. The topological polar surface area (TPSA) is 118 Å². The number of fused-ring (bicyclic) bond motifs is 1. The number of hydrogen-bond donors (Lipinski definition) is 2. The van der Waals surface area contributed by atoms with Crippen LogP contribution in [0.25, 0.3) is 17.2 Å². The Hall–Kier alpha value is -4.03. The van der Waals surface area contributed by atoms with Crippen LogP contribution in [0.2, 0.25) is 0 Å². The second-order valence-corrected chi connectivity index (χ2v) is 9.75. The average molecular weight is 472 g/mol. The smallest absolute Gasteiger partial charge is 0.264 e. The number of carbonyl (C=O) groups excluding carboxylic acids is 2. The molecule has 2 N–H and O–H groups in total. The Balaban J connectivity index is 1.50.